The number of urea groups is 1. The quantitative estimate of drug-likeness (QED) is 0.807. The minimum absolute atomic E-state index is 0.0226. The lowest BCUT2D eigenvalue weighted by Gasteiger charge is -2.42. The summed E-state index contributed by atoms with van der Waals surface area (Å²) in [5, 5.41) is 2.67. The molecule has 2 amide bonds. The summed E-state index contributed by atoms with van der Waals surface area (Å²) in [4.78, 5) is 37.5. The van der Waals surface area contributed by atoms with Gasteiger partial charge in [-0.1, -0.05) is 6.07 Å². The van der Waals surface area contributed by atoms with Gasteiger partial charge < -0.3 is 19.5 Å². The van der Waals surface area contributed by atoms with E-state index in [0.29, 0.717) is 19.6 Å². The molecule has 1 aromatic heterocycles. The molecule has 23 heavy (non-hydrogen) atoms. The number of piperidine rings is 1. The smallest absolute Gasteiger partial charge is 0.328 e. The molecule has 3 heterocycles. The molecule has 7 heteroatoms. The summed E-state index contributed by atoms with van der Waals surface area (Å²) in [6, 6.07) is 4.37. The van der Waals surface area contributed by atoms with E-state index < -0.39 is 12.0 Å². The van der Waals surface area contributed by atoms with E-state index in [-0.39, 0.29) is 23.4 Å². The zero-order chi connectivity index (χ0) is 16.6. The molecule has 2 aliphatic rings. The number of likely N-dealkylation sites (tertiary alicyclic amines) is 1. The maximum atomic E-state index is 12.4. The number of rotatable bonds is 2. The first-order chi connectivity index (χ1) is 11.0. The molecule has 3 atom stereocenters. The van der Waals surface area contributed by atoms with Gasteiger partial charge in [-0.2, -0.15) is 0 Å². The Kier molecular flexibility index (Phi) is 4.11. The van der Waals surface area contributed by atoms with E-state index in [4.69, 9.17) is 0 Å². The fourth-order valence-electron chi connectivity index (χ4n) is 3.57. The van der Waals surface area contributed by atoms with Crippen LogP contribution in [0.25, 0.3) is 0 Å². The minimum atomic E-state index is -0.677. The van der Waals surface area contributed by atoms with Gasteiger partial charge in [0, 0.05) is 37.3 Å². The molecule has 3 rings (SSSR count). The minimum Gasteiger partial charge on any atom is -0.467 e. The molecule has 2 aliphatic heterocycles. The molecular weight excluding hydrogens is 298 g/mol. The van der Waals surface area contributed by atoms with E-state index in [1.54, 1.807) is 24.0 Å². The molecule has 0 unspecified atom stereocenters. The molecule has 0 radical (unpaired) electrons. The number of pyridine rings is 1. The third-order valence-electron chi connectivity index (χ3n) is 4.66. The summed E-state index contributed by atoms with van der Waals surface area (Å²) < 4.78 is 6.45. The first-order valence-electron chi connectivity index (χ1n) is 7.82. The van der Waals surface area contributed by atoms with Gasteiger partial charge in [0.1, 0.15) is 6.04 Å². The van der Waals surface area contributed by atoms with Crippen molar-refractivity contribution in [3.63, 3.8) is 0 Å². The van der Waals surface area contributed by atoms with Crippen molar-refractivity contribution < 1.29 is 14.3 Å². The van der Waals surface area contributed by atoms with Gasteiger partial charge in [0.15, 0.2) is 0 Å². The van der Waals surface area contributed by atoms with Crippen LogP contribution in [-0.2, 0) is 16.1 Å². The first kappa shape index (κ1) is 15.6. The summed E-state index contributed by atoms with van der Waals surface area (Å²) in [7, 11) is 1.30. The van der Waals surface area contributed by atoms with Gasteiger partial charge in [0.2, 0.25) is 0 Å². The Balaban J connectivity index is 1.74. The number of hydrogen-bond acceptors (Lipinski definition) is 4. The van der Waals surface area contributed by atoms with Gasteiger partial charge in [-0.3, -0.25) is 4.79 Å². The molecule has 124 valence electrons. The Hall–Kier alpha value is -2.31. The van der Waals surface area contributed by atoms with E-state index >= 15 is 0 Å². The highest BCUT2D eigenvalue weighted by Gasteiger charge is 2.36. The normalized spacial score (nSPS) is 23.7. The van der Waals surface area contributed by atoms with Gasteiger partial charge in [-0.15, -0.1) is 0 Å². The van der Waals surface area contributed by atoms with E-state index in [1.165, 1.54) is 7.11 Å². The third-order valence-corrected chi connectivity index (χ3v) is 4.66. The number of hydrogen-bond donors (Lipinski definition) is 1. The summed E-state index contributed by atoms with van der Waals surface area (Å²) in [6.07, 6.45) is 0.986. The van der Waals surface area contributed by atoms with Crippen LogP contribution >= 0.6 is 0 Å². The molecule has 1 N–H and O–H groups in total. The van der Waals surface area contributed by atoms with Gasteiger partial charge in [0.25, 0.3) is 5.56 Å². The van der Waals surface area contributed by atoms with Crippen LogP contribution in [0, 0.1) is 5.92 Å². The number of methoxy groups -OCH3 is 1. The van der Waals surface area contributed by atoms with Crippen LogP contribution in [0.3, 0.4) is 0 Å². The second kappa shape index (κ2) is 6.06. The van der Waals surface area contributed by atoms with Crippen LogP contribution in [0.1, 0.15) is 25.0 Å². The zero-order valence-corrected chi connectivity index (χ0v) is 13.3. The maximum absolute atomic E-state index is 12.4. The van der Waals surface area contributed by atoms with Crippen LogP contribution in [0.15, 0.2) is 23.0 Å². The van der Waals surface area contributed by atoms with Crippen molar-refractivity contribution in [1.29, 1.82) is 0 Å². The van der Waals surface area contributed by atoms with Crippen LogP contribution < -0.4 is 10.9 Å². The number of amides is 2. The number of nitrogens with zero attached hydrogens (tertiary/aromatic N) is 2. The average Bonchev–Trinajstić information content (AvgIpc) is 2.54. The van der Waals surface area contributed by atoms with Crippen molar-refractivity contribution in [2.45, 2.75) is 31.8 Å². The fraction of sp³-hybridized carbons (Fsp3) is 0.562. The summed E-state index contributed by atoms with van der Waals surface area (Å²) in [5.74, 6) is -0.0384. The standard InChI is InChI=1S/C16H21N3O4/c1-10(15(21)23-2)17-16(22)18-7-11-6-12(9-18)13-4-3-5-14(20)19(13)8-11/h3-5,10-12H,6-9H2,1-2H3,(H,17,22)/t10-,11+,12-/m0/s1. The van der Waals surface area contributed by atoms with E-state index in [2.05, 4.69) is 10.1 Å². The molecule has 1 saturated heterocycles. The molecular formula is C16H21N3O4. The predicted molar refractivity (Wildman–Crippen MR) is 83.1 cm³/mol. The lowest BCUT2D eigenvalue weighted by molar-refractivity contribution is -0.142. The topological polar surface area (TPSA) is 80.6 Å². The fourth-order valence-corrected chi connectivity index (χ4v) is 3.57. The first-order valence-corrected chi connectivity index (χ1v) is 7.82. The van der Waals surface area contributed by atoms with Gasteiger partial charge >= 0.3 is 12.0 Å². The number of carbonyl (C=O) groups excluding carboxylic acids is 2. The summed E-state index contributed by atoms with van der Waals surface area (Å²) in [5.41, 5.74) is 1.02. The van der Waals surface area contributed by atoms with Crippen molar-refractivity contribution in [3.05, 3.63) is 34.2 Å². The maximum Gasteiger partial charge on any atom is 0.328 e. The number of carbonyl (C=O) groups is 2. The van der Waals surface area contributed by atoms with Crippen LogP contribution in [0.2, 0.25) is 0 Å². The molecule has 1 fully saturated rings. The largest absolute Gasteiger partial charge is 0.467 e. The summed E-state index contributed by atoms with van der Waals surface area (Å²) in [6.45, 7) is 3.39. The molecule has 1 aromatic rings. The number of esters is 1. The summed E-state index contributed by atoms with van der Waals surface area (Å²) >= 11 is 0. The van der Waals surface area contributed by atoms with E-state index in [9.17, 15) is 14.4 Å². The number of nitrogens with one attached hydrogen (secondary N) is 1. The number of aromatic nitrogens is 1. The van der Waals surface area contributed by atoms with Crippen molar-refractivity contribution in [2.75, 3.05) is 20.2 Å². The Morgan fingerprint density at radius 3 is 2.83 bits per heavy atom. The molecule has 0 aliphatic carbocycles. The highest BCUT2D eigenvalue weighted by molar-refractivity contribution is 5.83. The second-order valence-electron chi connectivity index (χ2n) is 6.30. The van der Waals surface area contributed by atoms with Crippen LogP contribution in [0.5, 0.6) is 0 Å². The van der Waals surface area contributed by atoms with Crippen molar-refractivity contribution >= 4 is 12.0 Å². The molecule has 0 spiro atoms. The van der Waals surface area contributed by atoms with E-state index in [0.717, 1.165) is 12.1 Å². The molecule has 2 bridgehead atoms. The third kappa shape index (κ3) is 2.95. The number of fused-ring (bicyclic) bond motifs is 4. The molecule has 0 aromatic carbocycles. The number of ether oxygens (including phenoxy) is 1. The Morgan fingerprint density at radius 1 is 1.30 bits per heavy atom. The van der Waals surface area contributed by atoms with Gasteiger partial charge in [-0.25, -0.2) is 9.59 Å². The van der Waals surface area contributed by atoms with Crippen molar-refractivity contribution in [2.24, 2.45) is 5.92 Å². The second-order valence-corrected chi connectivity index (χ2v) is 6.30. The van der Waals surface area contributed by atoms with E-state index in [1.807, 2.05) is 10.6 Å². The molecule has 0 saturated carbocycles. The van der Waals surface area contributed by atoms with Crippen LogP contribution in [0.4, 0.5) is 4.79 Å². The van der Waals surface area contributed by atoms with Crippen molar-refractivity contribution in [1.82, 2.24) is 14.8 Å². The SMILES string of the molecule is COC(=O)[C@H](C)NC(=O)N1C[C@H]2C[C@@H](C1)c1cccc(=O)n1C2. The van der Waals surface area contributed by atoms with Gasteiger partial charge in [0.05, 0.1) is 7.11 Å². The predicted octanol–water partition coefficient (Wildman–Crippen LogP) is 0.538. The Bertz CT molecular complexity index is 684. The highest BCUT2D eigenvalue weighted by Crippen LogP contribution is 2.34. The lowest BCUT2D eigenvalue weighted by Crippen LogP contribution is -2.54. The van der Waals surface area contributed by atoms with Crippen LogP contribution in [-0.4, -0.2) is 47.7 Å². The van der Waals surface area contributed by atoms with Gasteiger partial charge in [-0.05, 0) is 25.3 Å². The lowest BCUT2D eigenvalue weighted by atomic mass is 9.83. The van der Waals surface area contributed by atoms with Crippen molar-refractivity contribution in [3.8, 4) is 0 Å². The highest BCUT2D eigenvalue weighted by atomic mass is 16.5. The average molecular weight is 319 g/mol. The Morgan fingerprint density at radius 2 is 2.09 bits per heavy atom. The molecule has 7 nitrogen and oxygen atoms in total. The zero-order valence-electron chi connectivity index (χ0n) is 13.3. The Labute approximate surface area is 134 Å². The monoisotopic (exact) mass is 319 g/mol.